The fourth-order valence-corrected chi connectivity index (χ4v) is 5.94. The van der Waals surface area contributed by atoms with E-state index in [4.69, 9.17) is 0 Å². The number of nitrogens with zero attached hydrogens (tertiary/aromatic N) is 2. The highest BCUT2D eigenvalue weighted by Crippen LogP contribution is 2.55. The zero-order valence-corrected chi connectivity index (χ0v) is 18.5. The fraction of sp³-hybridized carbons (Fsp3) is 0.200. The lowest BCUT2D eigenvalue weighted by Crippen LogP contribution is -2.50. The minimum atomic E-state index is -1.35. The van der Waals surface area contributed by atoms with Crippen LogP contribution in [0.3, 0.4) is 0 Å². The van der Waals surface area contributed by atoms with E-state index in [9.17, 15) is 22.8 Å². The van der Waals surface area contributed by atoms with Gasteiger partial charge in [0.25, 0.3) is 11.8 Å². The van der Waals surface area contributed by atoms with Gasteiger partial charge in [-0.1, -0.05) is 35.9 Å². The molecule has 3 aromatic carbocycles. The van der Waals surface area contributed by atoms with Crippen LogP contribution in [0.15, 0.2) is 60.7 Å². The predicted octanol–water partition coefficient (Wildman–Crippen LogP) is 5.00. The number of hydrogen-bond acceptors (Lipinski definition) is 3. The molecule has 1 atom stereocenters. The van der Waals surface area contributed by atoms with Crippen molar-refractivity contribution in [3.63, 3.8) is 0 Å². The molecule has 5 rings (SSSR count). The maximum atomic E-state index is 14.4. The SMILES string of the molecule is Cc1ccc2c(c1)C1(SCCN1C(=O)c1ccccc1F)C(=O)N2Cc1ccc(F)c(F)c1. The van der Waals surface area contributed by atoms with Crippen LogP contribution in [-0.4, -0.2) is 29.0 Å². The lowest BCUT2D eigenvalue weighted by atomic mass is 10.0. The van der Waals surface area contributed by atoms with Crippen LogP contribution in [0, 0.1) is 24.4 Å². The summed E-state index contributed by atoms with van der Waals surface area (Å²) in [5.74, 6) is -3.04. The number of benzene rings is 3. The van der Waals surface area contributed by atoms with E-state index in [0.29, 0.717) is 22.6 Å². The van der Waals surface area contributed by atoms with Gasteiger partial charge in [-0.05, 0) is 42.8 Å². The lowest BCUT2D eigenvalue weighted by Gasteiger charge is -2.33. The summed E-state index contributed by atoms with van der Waals surface area (Å²) in [5, 5.41) is 0. The molecule has 0 radical (unpaired) electrons. The Morgan fingerprint density at radius 2 is 1.79 bits per heavy atom. The van der Waals surface area contributed by atoms with Crippen LogP contribution >= 0.6 is 11.8 Å². The number of carbonyl (C=O) groups is 2. The van der Waals surface area contributed by atoms with Gasteiger partial charge >= 0.3 is 0 Å². The zero-order chi connectivity index (χ0) is 23.3. The summed E-state index contributed by atoms with van der Waals surface area (Å²) < 4.78 is 41.7. The van der Waals surface area contributed by atoms with E-state index in [2.05, 4.69) is 0 Å². The van der Waals surface area contributed by atoms with Crippen molar-refractivity contribution in [2.45, 2.75) is 18.3 Å². The topological polar surface area (TPSA) is 40.6 Å². The summed E-state index contributed by atoms with van der Waals surface area (Å²) in [6.07, 6.45) is 0. The first-order chi connectivity index (χ1) is 15.8. The Hall–Kier alpha value is -3.26. The summed E-state index contributed by atoms with van der Waals surface area (Å²) in [4.78, 5) is 28.9. The van der Waals surface area contributed by atoms with E-state index in [1.54, 1.807) is 12.1 Å². The maximum Gasteiger partial charge on any atom is 0.268 e. The van der Waals surface area contributed by atoms with Crippen LogP contribution in [0.2, 0.25) is 0 Å². The van der Waals surface area contributed by atoms with Gasteiger partial charge in [-0.3, -0.25) is 9.59 Å². The molecule has 1 fully saturated rings. The molecule has 2 aliphatic heterocycles. The standard InChI is InChI=1S/C25H19F3N2O2S/c1-15-6-9-22-18(12-15)25(24(32)29(22)14-16-7-8-20(27)21(28)13-16)30(10-11-33-25)23(31)17-4-2-3-5-19(17)26/h2-9,12-13H,10-11,14H2,1H3. The number of hydrogen-bond donors (Lipinski definition) is 0. The fourth-order valence-electron chi connectivity index (χ4n) is 4.49. The quantitative estimate of drug-likeness (QED) is 0.543. The van der Waals surface area contributed by atoms with Gasteiger partial charge in [0, 0.05) is 17.9 Å². The summed E-state index contributed by atoms with van der Waals surface area (Å²) in [5.41, 5.74) is 2.46. The Balaban J connectivity index is 1.61. The highest BCUT2D eigenvalue weighted by molar-refractivity contribution is 8.01. The third-order valence-corrected chi connectivity index (χ3v) is 7.44. The first-order valence-corrected chi connectivity index (χ1v) is 11.4. The van der Waals surface area contributed by atoms with Crippen molar-refractivity contribution in [1.29, 1.82) is 0 Å². The third-order valence-electron chi connectivity index (χ3n) is 6.02. The first-order valence-electron chi connectivity index (χ1n) is 10.4. The number of halogens is 3. The van der Waals surface area contributed by atoms with Crippen LogP contribution in [0.4, 0.5) is 18.9 Å². The summed E-state index contributed by atoms with van der Waals surface area (Å²) in [6, 6.07) is 14.7. The summed E-state index contributed by atoms with van der Waals surface area (Å²) in [7, 11) is 0. The van der Waals surface area contributed by atoms with Gasteiger partial charge in [0.1, 0.15) is 5.82 Å². The number of fused-ring (bicyclic) bond motifs is 2. The summed E-state index contributed by atoms with van der Waals surface area (Å²) in [6.45, 7) is 2.17. The first kappa shape index (κ1) is 21.6. The van der Waals surface area contributed by atoms with E-state index < -0.39 is 28.2 Å². The molecule has 0 N–H and O–H groups in total. The van der Waals surface area contributed by atoms with Gasteiger partial charge in [-0.25, -0.2) is 13.2 Å². The second kappa shape index (κ2) is 7.95. The average Bonchev–Trinajstić information content (AvgIpc) is 3.33. The molecule has 1 saturated heterocycles. The Bertz CT molecular complexity index is 1300. The minimum absolute atomic E-state index is 0.0101. The Kier molecular flexibility index (Phi) is 5.20. The molecule has 8 heteroatoms. The molecule has 1 unspecified atom stereocenters. The molecule has 2 aliphatic rings. The van der Waals surface area contributed by atoms with Crippen LogP contribution in [0.25, 0.3) is 0 Å². The van der Waals surface area contributed by atoms with Crippen molar-refractivity contribution in [2.24, 2.45) is 0 Å². The normalized spacial score (nSPS) is 19.5. The number of thioether (sulfide) groups is 1. The van der Waals surface area contributed by atoms with Crippen molar-refractivity contribution in [3.8, 4) is 0 Å². The average molecular weight is 469 g/mol. The van der Waals surface area contributed by atoms with Crippen LogP contribution < -0.4 is 4.90 Å². The largest absolute Gasteiger partial charge is 0.311 e. The molecule has 0 bridgehead atoms. The summed E-state index contributed by atoms with van der Waals surface area (Å²) >= 11 is 1.33. The molecule has 1 spiro atoms. The van der Waals surface area contributed by atoms with E-state index in [1.807, 2.05) is 19.1 Å². The monoisotopic (exact) mass is 468 g/mol. The van der Waals surface area contributed by atoms with Crippen LogP contribution in [-0.2, 0) is 16.2 Å². The minimum Gasteiger partial charge on any atom is -0.311 e. The Morgan fingerprint density at radius 1 is 1.00 bits per heavy atom. The number of aryl methyl sites for hydroxylation is 1. The molecule has 0 saturated carbocycles. The van der Waals surface area contributed by atoms with Crippen molar-refractivity contribution < 1.29 is 22.8 Å². The third kappa shape index (κ3) is 3.31. The van der Waals surface area contributed by atoms with Crippen molar-refractivity contribution in [3.05, 3.63) is 100 Å². The molecular formula is C25H19F3N2O2S. The van der Waals surface area contributed by atoms with Crippen LogP contribution in [0.1, 0.15) is 27.0 Å². The predicted molar refractivity (Wildman–Crippen MR) is 120 cm³/mol. The van der Waals surface area contributed by atoms with Crippen molar-refractivity contribution in [1.82, 2.24) is 4.90 Å². The molecule has 3 aromatic rings. The van der Waals surface area contributed by atoms with Gasteiger partial charge in [-0.2, -0.15) is 0 Å². The molecule has 33 heavy (non-hydrogen) atoms. The van der Waals surface area contributed by atoms with E-state index in [0.717, 1.165) is 17.7 Å². The van der Waals surface area contributed by atoms with E-state index >= 15 is 0 Å². The number of rotatable bonds is 3. The van der Waals surface area contributed by atoms with Gasteiger partial charge in [-0.15, -0.1) is 11.8 Å². The second-order valence-electron chi connectivity index (χ2n) is 8.09. The molecule has 168 valence electrons. The maximum absolute atomic E-state index is 14.4. The number of anilines is 1. The molecule has 2 amide bonds. The Labute approximate surface area is 193 Å². The number of carbonyl (C=O) groups excluding carboxylic acids is 2. The smallest absolute Gasteiger partial charge is 0.268 e. The van der Waals surface area contributed by atoms with Gasteiger partial charge in [0.2, 0.25) is 0 Å². The zero-order valence-electron chi connectivity index (χ0n) is 17.6. The van der Waals surface area contributed by atoms with E-state index in [1.165, 1.54) is 45.8 Å². The molecule has 2 heterocycles. The van der Waals surface area contributed by atoms with Gasteiger partial charge in [0.15, 0.2) is 16.5 Å². The molecule has 0 aliphatic carbocycles. The highest BCUT2D eigenvalue weighted by atomic mass is 32.2. The van der Waals surface area contributed by atoms with Crippen molar-refractivity contribution in [2.75, 3.05) is 17.2 Å². The number of amides is 2. The highest BCUT2D eigenvalue weighted by Gasteiger charge is 2.59. The van der Waals surface area contributed by atoms with Gasteiger partial charge < -0.3 is 9.80 Å². The lowest BCUT2D eigenvalue weighted by molar-refractivity contribution is -0.123. The van der Waals surface area contributed by atoms with E-state index in [-0.39, 0.29) is 24.6 Å². The molecular weight excluding hydrogens is 449 g/mol. The molecule has 0 aromatic heterocycles. The van der Waals surface area contributed by atoms with Crippen molar-refractivity contribution >= 4 is 29.3 Å². The Morgan fingerprint density at radius 3 is 2.55 bits per heavy atom. The molecule has 4 nitrogen and oxygen atoms in total. The van der Waals surface area contributed by atoms with Gasteiger partial charge in [0.05, 0.1) is 17.8 Å². The second-order valence-corrected chi connectivity index (χ2v) is 9.38. The van der Waals surface area contributed by atoms with Crippen LogP contribution in [0.5, 0.6) is 0 Å².